The van der Waals surface area contributed by atoms with Gasteiger partial charge in [-0.2, -0.15) is 5.10 Å². The molecule has 2 aromatic heterocycles. The van der Waals surface area contributed by atoms with E-state index < -0.39 is 23.4 Å². The maximum absolute atomic E-state index is 13.4. The summed E-state index contributed by atoms with van der Waals surface area (Å²) in [4.78, 5) is 29.1. The first-order valence-electron chi connectivity index (χ1n) is 10.5. The summed E-state index contributed by atoms with van der Waals surface area (Å²) < 4.78 is 32.3. The van der Waals surface area contributed by atoms with Crippen molar-refractivity contribution in [2.75, 3.05) is 5.32 Å². The number of carbonyl (C=O) groups excluding carboxylic acids is 2. The first-order chi connectivity index (χ1) is 15.8. The van der Waals surface area contributed by atoms with Crippen molar-refractivity contribution in [3.05, 3.63) is 63.5 Å². The molecule has 0 aliphatic rings. The Kier molecular flexibility index (Phi) is 8.16. The van der Waals surface area contributed by atoms with Crippen molar-refractivity contribution >= 4 is 29.2 Å². The molecule has 0 saturated carbocycles. The summed E-state index contributed by atoms with van der Waals surface area (Å²) in [6.45, 7) is 4.09. The molecule has 0 radical (unpaired) electrons. The molecule has 2 amide bonds. The lowest BCUT2D eigenvalue weighted by atomic mass is 10.1. The van der Waals surface area contributed by atoms with E-state index in [0.717, 1.165) is 25.7 Å². The second-order valence-electron chi connectivity index (χ2n) is 7.48. The maximum atomic E-state index is 13.4. The molecule has 0 aliphatic carbocycles. The van der Waals surface area contributed by atoms with Gasteiger partial charge in [0, 0.05) is 12.5 Å². The predicted octanol–water partition coefficient (Wildman–Crippen LogP) is 4.94. The summed E-state index contributed by atoms with van der Waals surface area (Å²) in [5.74, 6) is -2.38. The molecule has 3 rings (SSSR count). The molecule has 3 N–H and O–H groups in total. The number of nitrogens with one attached hydrogen (secondary N) is 3. The lowest BCUT2D eigenvalue weighted by Crippen LogP contribution is -2.23. The maximum Gasteiger partial charge on any atom is 0.272 e. The highest BCUT2D eigenvalue weighted by Crippen LogP contribution is 2.21. The highest BCUT2D eigenvalue weighted by molar-refractivity contribution is 6.34. The Bertz CT molecular complexity index is 1150. The normalized spacial score (nSPS) is 10.9. The van der Waals surface area contributed by atoms with E-state index in [2.05, 4.69) is 32.7 Å². The number of carbonyl (C=O) groups is 2. The van der Waals surface area contributed by atoms with Crippen LogP contribution in [0.25, 0.3) is 0 Å². The van der Waals surface area contributed by atoms with Crippen molar-refractivity contribution in [3.63, 3.8) is 0 Å². The van der Waals surface area contributed by atoms with Gasteiger partial charge in [-0.3, -0.25) is 14.7 Å². The average Bonchev–Trinajstić information content (AvgIpc) is 3.38. The van der Waals surface area contributed by atoms with E-state index >= 15 is 0 Å². The Labute approximate surface area is 194 Å². The average molecular weight is 480 g/mol. The highest BCUT2D eigenvalue weighted by atomic mass is 35.5. The number of rotatable bonds is 10. The Morgan fingerprint density at radius 2 is 1.88 bits per heavy atom. The number of H-pyrrole nitrogens is 1. The van der Waals surface area contributed by atoms with E-state index in [4.69, 9.17) is 16.0 Å². The number of aryl methyl sites for hydroxylation is 2. The van der Waals surface area contributed by atoms with Crippen LogP contribution in [0.3, 0.4) is 0 Å². The molecule has 0 unspecified atom stereocenters. The van der Waals surface area contributed by atoms with Gasteiger partial charge in [-0.25, -0.2) is 13.8 Å². The van der Waals surface area contributed by atoms with Gasteiger partial charge in [-0.05, 0) is 25.5 Å². The van der Waals surface area contributed by atoms with Gasteiger partial charge in [0.2, 0.25) is 0 Å². The monoisotopic (exact) mass is 479 g/mol. The van der Waals surface area contributed by atoms with Gasteiger partial charge < -0.3 is 15.1 Å². The molecule has 0 spiro atoms. The zero-order valence-corrected chi connectivity index (χ0v) is 19.0. The van der Waals surface area contributed by atoms with Crippen molar-refractivity contribution in [2.45, 2.75) is 52.5 Å². The molecule has 0 fully saturated rings. The number of anilines is 1. The van der Waals surface area contributed by atoms with Gasteiger partial charge in [-0.15, -0.1) is 0 Å². The third kappa shape index (κ3) is 6.38. The minimum absolute atomic E-state index is 0.0126. The minimum Gasteiger partial charge on any atom is -0.444 e. The molecule has 2 heterocycles. The quantitative estimate of drug-likeness (QED) is 0.281. The number of halogens is 3. The van der Waals surface area contributed by atoms with Crippen LogP contribution in [0.1, 0.15) is 70.8 Å². The molecule has 11 heteroatoms. The number of aromatic nitrogens is 3. The van der Waals surface area contributed by atoms with Crippen molar-refractivity contribution in [1.82, 2.24) is 20.5 Å². The van der Waals surface area contributed by atoms with Gasteiger partial charge in [-0.1, -0.05) is 37.8 Å². The number of hydrogen-bond donors (Lipinski definition) is 3. The molecular weight excluding hydrogens is 456 g/mol. The zero-order valence-electron chi connectivity index (χ0n) is 18.2. The van der Waals surface area contributed by atoms with Crippen LogP contribution in [0, 0.1) is 18.6 Å². The van der Waals surface area contributed by atoms with E-state index in [1.165, 1.54) is 12.5 Å². The van der Waals surface area contributed by atoms with Crippen molar-refractivity contribution in [1.29, 1.82) is 0 Å². The Morgan fingerprint density at radius 3 is 2.64 bits per heavy atom. The third-order valence-corrected chi connectivity index (χ3v) is 5.22. The number of amides is 2. The van der Waals surface area contributed by atoms with Gasteiger partial charge in [0.1, 0.15) is 11.6 Å². The van der Waals surface area contributed by atoms with Crippen LogP contribution >= 0.6 is 11.6 Å². The van der Waals surface area contributed by atoms with Crippen LogP contribution < -0.4 is 10.6 Å². The second-order valence-corrected chi connectivity index (χ2v) is 7.88. The van der Waals surface area contributed by atoms with Crippen LogP contribution in [0.2, 0.25) is 5.02 Å². The second kappa shape index (κ2) is 11.0. The van der Waals surface area contributed by atoms with E-state index in [-0.39, 0.29) is 28.6 Å². The molecule has 0 bridgehead atoms. The minimum atomic E-state index is -1.21. The standard InChI is InChI=1S/C22H24ClF2N5O3/c1-3-4-5-6-7-20-27-12(2)18(33-20)11-26-22(32)17-10-19(30-29-17)28-21(31)13-8-15(24)16(25)9-14(13)23/h8-10H,3-7,11H2,1-2H3,(H,26,32)(H2,28,29,30,31). The van der Waals surface area contributed by atoms with E-state index in [9.17, 15) is 18.4 Å². The predicted molar refractivity (Wildman–Crippen MR) is 118 cm³/mol. The first kappa shape index (κ1) is 24.4. The summed E-state index contributed by atoms with van der Waals surface area (Å²) in [6.07, 6.45) is 5.18. The smallest absolute Gasteiger partial charge is 0.272 e. The lowest BCUT2D eigenvalue weighted by Gasteiger charge is -2.05. The summed E-state index contributed by atoms with van der Waals surface area (Å²) in [5, 5.41) is 11.2. The Balaban J connectivity index is 1.55. The number of hydrogen-bond acceptors (Lipinski definition) is 5. The topological polar surface area (TPSA) is 113 Å². The van der Waals surface area contributed by atoms with E-state index in [1.807, 2.05) is 6.92 Å². The largest absolute Gasteiger partial charge is 0.444 e. The Hall–Kier alpha value is -3.27. The summed E-state index contributed by atoms with van der Waals surface area (Å²) >= 11 is 5.80. The first-order valence-corrected chi connectivity index (χ1v) is 10.9. The van der Waals surface area contributed by atoms with Gasteiger partial charge in [0.15, 0.2) is 23.2 Å². The third-order valence-electron chi connectivity index (χ3n) is 4.90. The molecule has 33 heavy (non-hydrogen) atoms. The van der Waals surface area contributed by atoms with E-state index in [1.54, 1.807) is 0 Å². The van der Waals surface area contributed by atoms with Gasteiger partial charge in [0.25, 0.3) is 11.8 Å². The van der Waals surface area contributed by atoms with Gasteiger partial charge in [0.05, 0.1) is 22.8 Å². The van der Waals surface area contributed by atoms with Crippen molar-refractivity contribution in [2.24, 2.45) is 0 Å². The molecule has 3 aromatic rings. The van der Waals surface area contributed by atoms with Crippen LogP contribution in [-0.4, -0.2) is 27.0 Å². The molecular formula is C22H24ClF2N5O3. The fourth-order valence-electron chi connectivity index (χ4n) is 3.10. The number of benzene rings is 1. The summed E-state index contributed by atoms with van der Waals surface area (Å²) in [6, 6.07) is 2.70. The summed E-state index contributed by atoms with van der Waals surface area (Å²) in [5.41, 5.74) is 0.459. The van der Waals surface area contributed by atoms with E-state index in [0.29, 0.717) is 29.5 Å². The highest BCUT2D eigenvalue weighted by Gasteiger charge is 2.18. The van der Waals surface area contributed by atoms with Crippen LogP contribution in [0.4, 0.5) is 14.6 Å². The molecule has 176 valence electrons. The van der Waals surface area contributed by atoms with Crippen LogP contribution in [-0.2, 0) is 13.0 Å². The van der Waals surface area contributed by atoms with Crippen LogP contribution in [0.5, 0.6) is 0 Å². The lowest BCUT2D eigenvalue weighted by molar-refractivity contribution is 0.0942. The summed E-state index contributed by atoms with van der Waals surface area (Å²) in [7, 11) is 0. The molecule has 0 saturated heterocycles. The molecule has 8 nitrogen and oxygen atoms in total. The number of oxazole rings is 1. The molecule has 0 atom stereocenters. The fraction of sp³-hybridized carbons (Fsp3) is 0.364. The molecule has 0 aliphatic heterocycles. The fourth-order valence-corrected chi connectivity index (χ4v) is 3.34. The molecule has 1 aromatic carbocycles. The van der Waals surface area contributed by atoms with Crippen molar-refractivity contribution in [3.8, 4) is 0 Å². The van der Waals surface area contributed by atoms with Crippen LogP contribution in [0.15, 0.2) is 22.6 Å². The SMILES string of the molecule is CCCCCCc1nc(C)c(CNC(=O)c2cc(NC(=O)c3cc(F)c(F)cc3Cl)[nH]n2)o1. The zero-order chi connectivity index (χ0) is 24.0. The van der Waals surface area contributed by atoms with Gasteiger partial charge >= 0.3 is 0 Å². The Morgan fingerprint density at radius 1 is 1.12 bits per heavy atom. The number of nitrogens with zero attached hydrogens (tertiary/aromatic N) is 2. The number of unbranched alkanes of at least 4 members (excludes halogenated alkanes) is 3. The number of aromatic amines is 1. The van der Waals surface area contributed by atoms with Crippen molar-refractivity contribution < 1.29 is 22.8 Å².